The minimum atomic E-state index is 0.523. The van der Waals surface area contributed by atoms with Gasteiger partial charge in [0.15, 0.2) is 0 Å². The fraction of sp³-hybridized carbons (Fsp3) is 0.455. The fourth-order valence-corrected chi connectivity index (χ4v) is 1.79. The molecule has 0 aromatic heterocycles. The zero-order valence-corrected chi connectivity index (χ0v) is 8.87. The number of anilines is 2. The SMILES string of the molecule is COc1cccc2c1NCC(C)N2C. The molecule has 1 atom stereocenters. The van der Waals surface area contributed by atoms with Crippen LogP contribution >= 0.6 is 0 Å². The number of hydrogen-bond acceptors (Lipinski definition) is 3. The molecule has 1 aliphatic heterocycles. The van der Waals surface area contributed by atoms with E-state index in [4.69, 9.17) is 4.74 Å². The van der Waals surface area contributed by atoms with Gasteiger partial charge in [-0.3, -0.25) is 0 Å². The van der Waals surface area contributed by atoms with E-state index in [9.17, 15) is 0 Å². The molecule has 2 rings (SSSR count). The maximum absolute atomic E-state index is 5.31. The summed E-state index contributed by atoms with van der Waals surface area (Å²) in [6.07, 6.45) is 0. The monoisotopic (exact) mass is 192 g/mol. The summed E-state index contributed by atoms with van der Waals surface area (Å²) in [4.78, 5) is 2.27. The largest absolute Gasteiger partial charge is 0.495 e. The molecule has 1 unspecified atom stereocenters. The topological polar surface area (TPSA) is 24.5 Å². The van der Waals surface area contributed by atoms with Gasteiger partial charge in [0, 0.05) is 19.6 Å². The van der Waals surface area contributed by atoms with Gasteiger partial charge >= 0.3 is 0 Å². The Bertz CT molecular complexity index is 338. The van der Waals surface area contributed by atoms with Gasteiger partial charge in [-0.2, -0.15) is 0 Å². The molecule has 3 nitrogen and oxygen atoms in total. The van der Waals surface area contributed by atoms with Gasteiger partial charge in [0.05, 0.1) is 12.8 Å². The number of rotatable bonds is 1. The smallest absolute Gasteiger partial charge is 0.144 e. The minimum Gasteiger partial charge on any atom is -0.495 e. The average Bonchev–Trinajstić information content (AvgIpc) is 2.23. The Labute approximate surface area is 84.7 Å². The highest BCUT2D eigenvalue weighted by Gasteiger charge is 2.21. The summed E-state index contributed by atoms with van der Waals surface area (Å²) in [5.74, 6) is 0.918. The Morgan fingerprint density at radius 2 is 2.29 bits per heavy atom. The first-order valence-electron chi connectivity index (χ1n) is 4.87. The van der Waals surface area contributed by atoms with Crippen LogP contribution in [0.15, 0.2) is 18.2 Å². The number of para-hydroxylation sites is 1. The van der Waals surface area contributed by atoms with Crippen molar-refractivity contribution < 1.29 is 4.74 Å². The minimum absolute atomic E-state index is 0.523. The summed E-state index contributed by atoms with van der Waals surface area (Å²) in [6.45, 7) is 3.17. The lowest BCUT2D eigenvalue weighted by atomic mass is 10.1. The van der Waals surface area contributed by atoms with Gasteiger partial charge in [0.2, 0.25) is 0 Å². The number of methoxy groups -OCH3 is 1. The molecular formula is C11H16N2O. The number of likely N-dealkylation sites (N-methyl/N-ethyl adjacent to an activating group) is 1. The number of ether oxygens (including phenoxy) is 1. The van der Waals surface area contributed by atoms with Gasteiger partial charge in [0.25, 0.3) is 0 Å². The summed E-state index contributed by atoms with van der Waals surface area (Å²) < 4.78 is 5.31. The van der Waals surface area contributed by atoms with Crippen molar-refractivity contribution in [1.29, 1.82) is 0 Å². The molecule has 1 N–H and O–H groups in total. The van der Waals surface area contributed by atoms with E-state index in [2.05, 4.69) is 30.3 Å². The van der Waals surface area contributed by atoms with Crippen LogP contribution in [0.2, 0.25) is 0 Å². The Morgan fingerprint density at radius 1 is 1.50 bits per heavy atom. The molecule has 14 heavy (non-hydrogen) atoms. The molecule has 0 amide bonds. The molecule has 0 fully saturated rings. The second-order valence-corrected chi connectivity index (χ2v) is 3.70. The molecule has 0 bridgehead atoms. The van der Waals surface area contributed by atoms with Crippen LogP contribution < -0.4 is 15.0 Å². The third kappa shape index (κ3) is 1.29. The normalized spacial score (nSPS) is 19.9. The van der Waals surface area contributed by atoms with E-state index in [0.29, 0.717) is 6.04 Å². The van der Waals surface area contributed by atoms with Crippen molar-refractivity contribution in [2.24, 2.45) is 0 Å². The first-order valence-corrected chi connectivity index (χ1v) is 4.87. The molecule has 3 heteroatoms. The van der Waals surface area contributed by atoms with Crippen LogP contribution in [-0.4, -0.2) is 26.7 Å². The maximum Gasteiger partial charge on any atom is 0.144 e. The molecule has 1 aromatic rings. The van der Waals surface area contributed by atoms with Crippen molar-refractivity contribution in [2.45, 2.75) is 13.0 Å². The number of nitrogens with zero attached hydrogens (tertiary/aromatic N) is 1. The molecule has 1 aromatic carbocycles. The van der Waals surface area contributed by atoms with Crippen LogP contribution in [0.3, 0.4) is 0 Å². The van der Waals surface area contributed by atoms with Gasteiger partial charge in [-0.05, 0) is 19.1 Å². The van der Waals surface area contributed by atoms with Crippen molar-refractivity contribution in [1.82, 2.24) is 0 Å². The summed E-state index contributed by atoms with van der Waals surface area (Å²) in [6, 6.07) is 6.64. The lowest BCUT2D eigenvalue weighted by Gasteiger charge is -2.35. The third-order valence-corrected chi connectivity index (χ3v) is 2.84. The third-order valence-electron chi connectivity index (χ3n) is 2.84. The van der Waals surface area contributed by atoms with E-state index in [1.807, 2.05) is 12.1 Å². The molecule has 0 radical (unpaired) electrons. The highest BCUT2D eigenvalue weighted by molar-refractivity contribution is 5.78. The predicted molar refractivity (Wildman–Crippen MR) is 59.3 cm³/mol. The highest BCUT2D eigenvalue weighted by Crippen LogP contribution is 2.37. The molecule has 0 saturated carbocycles. The fourth-order valence-electron chi connectivity index (χ4n) is 1.79. The number of nitrogens with one attached hydrogen (secondary N) is 1. The van der Waals surface area contributed by atoms with Gasteiger partial charge in [0.1, 0.15) is 11.4 Å². The Hall–Kier alpha value is -1.38. The number of hydrogen-bond donors (Lipinski definition) is 1. The molecule has 1 aliphatic rings. The molecule has 1 heterocycles. The van der Waals surface area contributed by atoms with Crippen LogP contribution in [0.5, 0.6) is 5.75 Å². The van der Waals surface area contributed by atoms with Crippen molar-refractivity contribution in [2.75, 3.05) is 30.9 Å². The van der Waals surface area contributed by atoms with Gasteiger partial charge in [-0.1, -0.05) is 6.07 Å². The standard InChI is InChI=1S/C11H16N2O/c1-8-7-12-11-9(13(8)2)5-4-6-10(11)14-3/h4-6,8,12H,7H2,1-3H3. The summed E-state index contributed by atoms with van der Waals surface area (Å²) in [7, 11) is 3.82. The van der Waals surface area contributed by atoms with Gasteiger partial charge in [-0.25, -0.2) is 0 Å². The Morgan fingerprint density at radius 3 is 3.00 bits per heavy atom. The van der Waals surface area contributed by atoms with E-state index in [0.717, 1.165) is 18.0 Å². The van der Waals surface area contributed by atoms with Crippen LogP contribution in [0.1, 0.15) is 6.92 Å². The van der Waals surface area contributed by atoms with Crippen molar-refractivity contribution >= 4 is 11.4 Å². The van der Waals surface area contributed by atoms with Crippen molar-refractivity contribution in [3.05, 3.63) is 18.2 Å². The van der Waals surface area contributed by atoms with Crippen molar-refractivity contribution in [3.63, 3.8) is 0 Å². The van der Waals surface area contributed by atoms with Gasteiger partial charge in [-0.15, -0.1) is 0 Å². The maximum atomic E-state index is 5.31. The first-order chi connectivity index (χ1) is 6.74. The van der Waals surface area contributed by atoms with Crippen LogP contribution in [0.25, 0.3) is 0 Å². The van der Waals surface area contributed by atoms with E-state index in [1.165, 1.54) is 5.69 Å². The lowest BCUT2D eigenvalue weighted by Crippen LogP contribution is -2.39. The number of benzene rings is 1. The quantitative estimate of drug-likeness (QED) is 0.736. The molecule has 76 valence electrons. The van der Waals surface area contributed by atoms with Crippen LogP contribution in [-0.2, 0) is 0 Å². The zero-order valence-electron chi connectivity index (χ0n) is 8.87. The zero-order chi connectivity index (χ0) is 10.1. The van der Waals surface area contributed by atoms with E-state index < -0.39 is 0 Å². The molecule has 0 saturated heterocycles. The van der Waals surface area contributed by atoms with Gasteiger partial charge < -0.3 is 15.0 Å². The Kier molecular flexibility index (Phi) is 2.23. The Balaban J connectivity index is 2.47. The van der Waals surface area contributed by atoms with Crippen LogP contribution in [0, 0.1) is 0 Å². The number of fused-ring (bicyclic) bond motifs is 1. The van der Waals surface area contributed by atoms with E-state index in [1.54, 1.807) is 7.11 Å². The summed E-state index contributed by atoms with van der Waals surface area (Å²) in [5.41, 5.74) is 2.32. The van der Waals surface area contributed by atoms with Crippen LogP contribution in [0.4, 0.5) is 11.4 Å². The van der Waals surface area contributed by atoms with E-state index in [-0.39, 0.29) is 0 Å². The lowest BCUT2D eigenvalue weighted by molar-refractivity contribution is 0.415. The van der Waals surface area contributed by atoms with E-state index >= 15 is 0 Å². The highest BCUT2D eigenvalue weighted by atomic mass is 16.5. The first kappa shape index (κ1) is 9.19. The summed E-state index contributed by atoms with van der Waals surface area (Å²) in [5, 5.41) is 3.40. The predicted octanol–water partition coefficient (Wildman–Crippen LogP) is 1.95. The molecular weight excluding hydrogens is 176 g/mol. The summed E-state index contributed by atoms with van der Waals surface area (Å²) >= 11 is 0. The second kappa shape index (κ2) is 3.40. The molecule has 0 aliphatic carbocycles. The van der Waals surface area contributed by atoms with Crippen molar-refractivity contribution in [3.8, 4) is 5.75 Å². The molecule has 0 spiro atoms. The average molecular weight is 192 g/mol. The second-order valence-electron chi connectivity index (χ2n) is 3.70.